The van der Waals surface area contributed by atoms with Crippen LogP contribution in [-0.4, -0.2) is 16.8 Å². The van der Waals surface area contributed by atoms with Gasteiger partial charge in [-0.2, -0.15) is 11.8 Å². The van der Waals surface area contributed by atoms with Gasteiger partial charge in [-0.25, -0.2) is 0 Å². The number of hydrogen-bond acceptors (Lipinski definition) is 2. The van der Waals surface area contributed by atoms with Gasteiger partial charge in [-0.05, 0) is 25.5 Å². The average molecular weight is 144 g/mol. The minimum absolute atomic E-state index is 0.336. The Hall–Kier alpha value is 0.0200. The lowest BCUT2D eigenvalue weighted by molar-refractivity contribution is -0.117. The van der Waals surface area contributed by atoms with E-state index in [0.717, 1.165) is 18.1 Å². The lowest BCUT2D eigenvalue weighted by Crippen LogP contribution is -2.15. The molecule has 1 nitrogen and oxygen atoms in total. The molecule has 2 heteroatoms. The van der Waals surface area contributed by atoms with E-state index in [4.69, 9.17) is 0 Å². The first kappa shape index (κ1) is 7.13. The zero-order valence-corrected chi connectivity index (χ0v) is 6.54. The predicted molar refractivity (Wildman–Crippen MR) is 40.8 cm³/mol. The highest BCUT2D eigenvalue weighted by atomic mass is 32.2. The van der Waals surface area contributed by atoms with Gasteiger partial charge in [0.15, 0.2) is 0 Å². The van der Waals surface area contributed by atoms with Gasteiger partial charge in [0.25, 0.3) is 0 Å². The first-order valence-corrected chi connectivity index (χ1v) is 4.45. The maximum Gasteiger partial charge on any atom is 0.129 e. The summed E-state index contributed by atoms with van der Waals surface area (Å²) < 4.78 is 0. The van der Waals surface area contributed by atoms with Crippen molar-refractivity contribution in [3.8, 4) is 0 Å². The Balaban J connectivity index is 1.97. The summed E-state index contributed by atoms with van der Waals surface area (Å²) in [4.78, 5) is 10.5. The molecule has 1 aliphatic rings. The Kier molecular flexibility index (Phi) is 2.58. The average Bonchev–Trinajstić information content (AvgIpc) is 1.60. The molecule has 1 saturated heterocycles. The van der Waals surface area contributed by atoms with E-state index in [1.165, 1.54) is 12.2 Å². The molecule has 0 aromatic carbocycles. The molecule has 0 radical (unpaired) electrons. The monoisotopic (exact) mass is 144 g/mol. The van der Waals surface area contributed by atoms with Crippen molar-refractivity contribution in [2.45, 2.75) is 31.4 Å². The minimum atomic E-state index is 0.336. The largest absolute Gasteiger partial charge is 0.300 e. The summed E-state index contributed by atoms with van der Waals surface area (Å²) in [6.45, 7) is 1.67. The van der Waals surface area contributed by atoms with Crippen molar-refractivity contribution in [2.24, 2.45) is 0 Å². The number of carbonyl (C=O) groups excluding carboxylic acids is 1. The van der Waals surface area contributed by atoms with E-state index in [-0.39, 0.29) is 0 Å². The molecular weight excluding hydrogens is 132 g/mol. The zero-order valence-electron chi connectivity index (χ0n) is 5.72. The third kappa shape index (κ3) is 2.39. The molecule has 0 saturated carbocycles. The second kappa shape index (κ2) is 3.25. The molecule has 0 N–H and O–H groups in total. The Morgan fingerprint density at radius 1 is 1.78 bits per heavy atom. The lowest BCUT2D eigenvalue weighted by Gasteiger charge is -2.23. The summed E-state index contributed by atoms with van der Waals surface area (Å²) >= 11 is 2.00. The third-order valence-electron chi connectivity index (χ3n) is 1.61. The quantitative estimate of drug-likeness (QED) is 0.601. The molecular formula is C7H12OS. The van der Waals surface area contributed by atoms with E-state index in [1.807, 2.05) is 11.8 Å². The molecule has 1 rings (SSSR count). The van der Waals surface area contributed by atoms with Crippen LogP contribution in [0.1, 0.15) is 26.2 Å². The van der Waals surface area contributed by atoms with E-state index in [1.54, 1.807) is 6.92 Å². The van der Waals surface area contributed by atoms with Crippen molar-refractivity contribution >= 4 is 17.5 Å². The summed E-state index contributed by atoms with van der Waals surface area (Å²) in [6, 6.07) is 0. The van der Waals surface area contributed by atoms with E-state index < -0.39 is 0 Å². The zero-order chi connectivity index (χ0) is 6.69. The Morgan fingerprint density at radius 2 is 2.44 bits per heavy atom. The molecule has 1 unspecified atom stereocenters. The molecule has 0 spiro atoms. The van der Waals surface area contributed by atoms with Crippen LogP contribution in [0.5, 0.6) is 0 Å². The molecule has 9 heavy (non-hydrogen) atoms. The van der Waals surface area contributed by atoms with Crippen LogP contribution in [0.4, 0.5) is 0 Å². The maximum absolute atomic E-state index is 10.5. The van der Waals surface area contributed by atoms with Crippen molar-refractivity contribution < 1.29 is 4.79 Å². The van der Waals surface area contributed by atoms with Crippen molar-refractivity contribution in [3.05, 3.63) is 0 Å². The number of rotatable bonds is 3. The number of carbonyl (C=O) groups is 1. The molecule has 0 aromatic heterocycles. The Labute approximate surface area is 60.2 Å². The normalized spacial score (nSPS) is 25.2. The van der Waals surface area contributed by atoms with Crippen LogP contribution in [0.25, 0.3) is 0 Å². The van der Waals surface area contributed by atoms with Gasteiger partial charge in [0.1, 0.15) is 5.78 Å². The first-order valence-electron chi connectivity index (χ1n) is 3.40. The Morgan fingerprint density at radius 3 is 2.78 bits per heavy atom. The van der Waals surface area contributed by atoms with Crippen molar-refractivity contribution in [1.29, 1.82) is 0 Å². The van der Waals surface area contributed by atoms with Gasteiger partial charge >= 0.3 is 0 Å². The fourth-order valence-electron chi connectivity index (χ4n) is 0.876. The van der Waals surface area contributed by atoms with Gasteiger partial charge in [-0.1, -0.05) is 0 Å². The number of ketones is 1. The molecule has 1 fully saturated rings. The highest BCUT2D eigenvalue weighted by Gasteiger charge is 2.17. The highest BCUT2D eigenvalue weighted by Crippen LogP contribution is 2.31. The summed E-state index contributed by atoms with van der Waals surface area (Å²) in [5.41, 5.74) is 0. The molecule has 0 amide bonds. The highest BCUT2D eigenvalue weighted by molar-refractivity contribution is 8.01. The predicted octanol–water partition coefficient (Wildman–Crippen LogP) is 1.86. The van der Waals surface area contributed by atoms with Crippen molar-refractivity contribution in [1.82, 2.24) is 0 Å². The third-order valence-corrected chi connectivity index (χ3v) is 3.03. The van der Waals surface area contributed by atoms with Crippen molar-refractivity contribution in [3.63, 3.8) is 0 Å². The number of Topliss-reactive ketones (excluding diaryl/α,β-unsaturated/α-hetero) is 1. The SMILES string of the molecule is CC(=O)CCC1CCS1. The molecule has 0 aliphatic carbocycles. The fraction of sp³-hybridized carbons (Fsp3) is 0.857. The molecule has 1 atom stereocenters. The molecule has 1 heterocycles. The molecule has 0 bridgehead atoms. The Bertz CT molecular complexity index is 107. The van der Waals surface area contributed by atoms with Crippen LogP contribution >= 0.6 is 11.8 Å². The maximum atomic E-state index is 10.5. The lowest BCUT2D eigenvalue weighted by atomic mass is 10.1. The van der Waals surface area contributed by atoms with Crippen LogP contribution in [-0.2, 0) is 4.79 Å². The first-order chi connectivity index (χ1) is 4.29. The van der Waals surface area contributed by atoms with E-state index >= 15 is 0 Å². The van der Waals surface area contributed by atoms with E-state index in [9.17, 15) is 4.79 Å². The topological polar surface area (TPSA) is 17.1 Å². The molecule has 52 valence electrons. The molecule has 1 aliphatic heterocycles. The summed E-state index contributed by atoms with van der Waals surface area (Å²) in [7, 11) is 0. The van der Waals surface area contributed by atoms with Gasteiger partial charge in [0.2, 0.25) is 0 Å². The fourth-order valence-corrected chi connectivity index (χ4v) is 1.73. The van der Waals surface area contributed by atoms with Crippen LogP contribution in [0, 0.1) is 0 Å². The van der Waals surface area contributed by atoms with Gasteiger partial charge < -0.3 is 4.79 Å². The van der Waals surface area contributed by atoms with Crippen LogP contribution < -0.4 is 0 Å². The van der Waals surface area contributed by atoms with Gasteiger partial charge in [0.05, 0.1) is 0 Å². The smallest absolute Gasteiger partial charge is 0.129 e. The van der Waals surface area contributed by atoms with Gasteiger partial charge in [-0.15, -0.1) is 0 Å². The number of hydrogen-bond donors (Lipinski definition) is 0. The van der Waals surface area contributed by atoms with Gasteiger partial charge in [-0.3, -0.25) is 0 Å². The second-order valence-corrected chi connectivity index (χ2v) is 3.93. The second-order valence-electron chi connectivity index (χ2n) is 2.52. The van der Waals surface area contributed by atoms with Crippen LogP contribution in [0.2, 0.25) is 0 Å². The summed E-state index contributed by atoms with van der Waals surface area (Å²) in [6.07, 6.45) is 3.23. The minimum Gasteiger partial charge on any atom is -0.300 e. The van der Waals surface area contributed by atoms with E-state index in [0.29, 0.717) is 5.78 Å². The summed E-state index contributed by atoms with van der Waals surface area (Å²) in [5.74, 6) is 1.64. The summed E-state index contributed by atoms with van der Waals surface area (Å²) in [5, 5.41) is 0.814. The van der Waals surface area contributed by atoms with E-state index in [2.05, 4.69) is 0 Å². The van der Waals surface area contributed by atoms with Gasteiger partial charge in [0, 0.05) is 11.7 Å². The van der Waals surface area contributed by atoms with Crippen LogP contribution in [0.15, 0.2) is 0 Å². The molecule has 0 aromatic rings. The standard InChI is InChI=1S/C7H12OS/c1-6(8)2-3-7-4-5-9-7/h7H,2-5H2,1H3. The van der Waals surface area contributed by atoms with Crippen LogP contribution in [0.3, 0.4) is 0 Å². The number of thioether (sulfide) groups is 1. The van der Waals surface area contributed by atoms with Crippen molar-refractivity contribution in [2.75, 3.05) is 5.75 Å².